The summed E-state index contributed by atoms with van der Waals surface area (Å²) in [5, 5.41) is 12.7. The predicted molar refractivity (Wildman–Crippen MR) is 61.3 cm³/mol. The van der Waals surface area contributed by atoms with Gasteiger partial charge in [-0.25, -0.2) is 0 Å². The van der Waals surface area contributed by atoms with Crippen molar-refractivity contribution in [3.8, 4) is 17.7 Å². The van der Waals surface area contributed by atoms with E-state index in [2.05, 4.69) is 15.1 Å². The molecule has 0 spiro atoms. The van der Waals surface area contributed by atoms with Crippen molar-refractivity contribution in [1.82, 2.24) is 15.1 Å². The highest BCUT2D eigenvalue weighted by atomic mass is 16.5. The molecule has 2 aromatic heterocycles. The second-order valence-electron chi connectivity index (χ2n) is 4.37. The Kier molecular flexibility index (Phi) is 2.61. The normalized spacial score (nSPS) is 16.4. The fourth-order valence-corrected chi connectivity index (χ4v) is 1.95. The van der Waals surface area contributed by atoms with E-state index in [-0.39, 0.29) is 6.10 Å². The summed E-state index contributed by atoms with van der Waals surface area (Å²) in [5.74, 6) is 1.45. The van der Waals surface area contributed by atoms with Gasteiger partial charge in [0.2, 0.25) is 5.82 Å². The van der Waals surface area contributed by atoms with Crippen molar-refractivity contribution in [1.29, 1.82) is 5.26 Å². The molecule has 0 aromatic carbocycles. The van der Waals surface area contributed by atoms with E-state index in [0.717, 1.165) is 12.8 Å². The van der Waals surface area contributed by atoms with E-state index in [0.29, 0.717) is 28.9 Å². The molecule has 6 nitrogen and oxygen atoms in total. The molecule has 0 bridgehead atoms. The van der Waals surface area contributed by atoms with Gasteiger partial charge in [0.1, 0.15) is 17.9 Å². The monoisotopic (exact) mass is 244 g/mol. The molecule has 3 rings (SSSR count). The summed E-state index contributed by atoms with van der Waals surface area (Å²) in [5.41, 5.74) is 1.19. The van der Waals surface area contributed by atoms with Crippen molar-refractivity contribution in [2.24, 2.45) is 5.92 Å². The number of nitrogens with zero attached hydrogens (tertiary/aromatic N) is 3. The van der Waals surface area contributed by atoms with Gasteiger partial charge in [-0.1, -0.05) is 5.16 Å². The molecule has 1 atom stereocenters. The van der Waals surface area contributed by atoms with Gasteiger partial charge in [-0.2, -0.15) is 10.2 Å². The third-order valence-electron chi connectivity index (χ3n) is 3.04. The van der Waals surface area contributed by atoms with Crippen molar-refractivity contribution >= 4 is 0 Å². The van der Waals surface area contributed by atoms with Crippen LogP contribution in [0.15, 0.2) is 16.8 Å². The number of nitriles is 1. The molecule has 1 aliphatic rings. The van der Waals surface area contributed by atoms with Crippen LogP contribution in [-0.4, -0.2) is 22.2 Å². The number of hydrogen-bond donors (Lipinski definition) is 1. The second-order valence-corrected chi connectivity index (χ2v) is 4.37. The first-order valence-corrected chi connectivity index (χ1v) is 5.77. The van der Waals surface area contributed by atoms with Crippen LogP contribution in [0.1, 0.15) is 30.3 Å². The van der Waals surface area contributed by atoms with E-state index in [1.807, 2.05) is 6.07 Å². The highest BCUT2D eigenvalue weighted by Gasteiger charge is 2.35. The van der Waals surface area contributed by atoms with E-state index in [1.54, 1.807) is 19.4 Å². The van der Waals surface area contributed by atoms with Crippen molar-refractivity contribution in [2.75, 3.05) is 7.11 Å². The maximum Gasteiger partial charge on any atom is 0.274 e. The number of hydrogen-bond acceptors (Lipinski definition) is 5. The molecule has 2 heterocycles. The van der Waals surface area contributed by atoms with Crippen LogP contribution in [0, 0.1) is 17.2 Å². The number of methoxy groups -OCH3 is 1. The molecule has 1 fully saturated rings. The molecule has 2 aromatic rings. The zero-order valence-electron chi connectivity index (χ0n) is 9.88. The van der Waals surface area contributed by atoms with Crippen LogP contribution in [0.5, 0.6) is 0 Å². The molecule has 0 aliphatic heterocycles. The lowest BCUT2D eigenvalue weighted by atomic mass is 10.2. The Balaban J connectivity index is 1.86. The predicted octanol–water partition coefficient (Wildman–Crippen LogP) is 2.03. The van der Waals surface area contributed by atoms with Crippen molar-refractivity contribution in [2.45, 2.75) is 18.9 Å². The van der Waals surface area contributed by atoms with E-state index in [9.17, 15) is 0 Å². The highest BCUT2D eigenvalue weighted by Crippen LogP contribution is 2.42. The zero-order valence-corrected chi connectivity index (χ0v) is 9.88. The van der Waals surface area contributed by atoms with Crippen LogP contribution >= 0.6 is 0 Å². The molecule has 1 unspecified atom stereocenters. The number of aromatic nitrogens is 3. The van der Waals surface area contributed by atoms with Crippen molar-refractivity contribution in [3.05, 3.63) is 23.7 Å². The Morgan fingerprint density at radius 1 is 1.61 bits per heavy atom. The fraction of sp³-hybridized carbons (Fsp3) is 0.417. The van der Waals surface area contributed by atoms with Gasteiger partial charge in [0.15, 0.2) is 0 Å². The van der Waals surface area contributed by atoms with Gasteiger partial charge in [0.25, 0.3) is 5.89 Å². The topological polar surface area (TPSA) is 87.7 Å². The molecule has 1 aliphatic carbocycles. The molecule has 6 heteroatoms. The molecule has 0 radical (unpaired) electrons. The maximum absolute atomic E-state index is 8.75. The molecule has 1 N–H and O–H groups in total. The van der Waals surface area contributed by atoms with Crippen LogP contribution in [0.3, 0.4) is 0 Å². The largest absolute Gasteiger partial charge is 0.373 e. The fourth-order valence-electron chi connectivity index (χ4n) is 1.95. The number of nitrogens with one attached hydrogen (secondary N) is 1. The highest BCUT2D eigenvalue weighted by molar-refractivity contribution is 5.51. The Morgan fingerprint density at radius 2 is 2.44 bits per heavy atom. The lowest BCUT2D eigenvalue weighted by Crippen LogP contribution is -2.05. The van der Waals surface area contributed by atoms with E-state index >= 15 is 0 Å². The van der Waals surface area contributed by atoms with Crippen molar-refractivity contribution < 1.29 is 9.26 Å². The van der Waals surface area contributed by atoms with E-state index in [4.69, 9.17) is 14.5 Å². The minimum Gasteiger partial charge on any atom is -0.373 e. The van der Waals surface area contributed by atoms with Gasteiger partial charge in [-0.05, 0) is 24.8 Å². The minimum absolute atomic E-state index is 0.0899. The van der Waals surface area contributed by atoms with E-state index < -0.39 is 0 Å². The van der Waals surface area contributed by atoms with Gasteiger partial charge in [-0.3, -0.25) is 0 Å². The third kappa shape index (κ3) is 1.89. The van der Waals surface area contributed by atoms with E-state index in [1.165, 1.54) is 0 Å². The quantitative estimate of drug-likeness (QED) is 0.889. The van der Waals surface area contributed by atoms with Gasteiger partial charge < -0.3 is 14.2 Å². The molecule has 0 amide bonds. The van der Waals surface area contributed by atoms with Crippen LogP contribution in [0.4, 0.5) is 0 Å². The van der Waals surface area contributed by atoms with Gasteiger partial charge in [0.05, 0.1) is 5.56 Å². The molecule has 0 saturated heterocycles. The standard InChI is InChI=1S/C12H12N4O2/c1-17-10(8-2-3-8)11-15-12(18-16-11)9-4-7(5-13)6-14-9/h4,6,8,10,14H,2-3H2,1H3. The Morgan fingerprint density at radius 3 is 3.06 bits per heavy atom. The lowest BCUT2D eigenvalue weighted by molar-refractivity contribution is 0.0751. The van der Waals surface area contributed by atoms with Gasteiger partial charge in [0, 0.05) is 13.3 Å². The number of H-pyrrole nitrogens is 1. The maximum atomic E-state index is 8.75. The smallest absolute Gasteiger partial charge is 0.274 e. The first-order chi connectivity index (χ1) is 8.81. The minimum atomic E-state index is -0.0899. The van der Waals surface area contributed by atoms with Crippen LogP contribution in [0.25, 0.3) is 11.6 Å². The molecule has 18 heavy (non-hydrogen) atoms. The van der Waals surface area contributed by atoms with Crippen LogP contribution < -0.4 is 0 Å². The number of aromatic amines is 1. The average molecular weight is 244 g/mol. The van der Waals surface area contributed by atoms with Crippen LogP contribution in [0.2, 0.25) is 0 Å². The first-order valence-electron chi connectivity index (χ1n) is 5.77. The molecular weight excluding hydrogens is 232 g/mol. The summed E-state index contributed by atoms with van der Waals surface area (Å²) in [7, 11) is 1.65. The summed E-state index contributed by atoms with van der Waals surface area (Å²) < 4.78 is 10.6. The Labute approximate surface area is 104 Å². The average Bonchev–Trinajstić information content (AvgIpc) is 2.94. The van der Waals surface area contributed by atoms with Crippen LogP contribution in [-0.2, 0) is 4.74 Å². The first kappa shape index (κ1) is 11.0. The summed E-state index contributed by atoms with van der Waals surface area (Å²) >= 11 is 0. The van der Waals surface area contributed by atoms with Gasteiger partial charge in [-0.15, -0.1) is 0 Å². The molecule has 1 saturated carbocycles. The second kappa shape index (κ2) is 4.27. The third-order valence-corrected chi connectivity index (χ3v) is 3.04. The summed E-state index contributed by atoms with van der Waals surface area (Å²) in [6.07, 6.45) is 3.80. The van der Waals surface area contributed by atoms with Crippen molar-refractivity contribution in [3.63, 3.8) is 0 Å². The zero-order chi connectivity index (χ0) is 12.5. The molecule has 92 valence electrons. The molecular formula is C12H12N4O2. The summed E-state index contributed by atoms with van der Waals surface area (Å²) in [6, 6.07) is 3.72. The summed E-state index contributed by atoms with van der Waals surface area (Å²) in [6.45, 7) is 0. The summed E-state index contributed by atoms with van der Waals surface area (Å²) in [4.78, 5) is 7.25. The number of ether oxygens (including phenoxy) is 1. The number of rotatable bonds is 4. The Hall–Kier alpha value is -2.13. The van der Waals surface area contributed by atoms with Gasteiger partial charge >= 0.3 is 0 Å². The Bertz CT molecular complexity index is 591. The lowest BCUT2D eigenvalue weighted by Gasteiger charge is -2.07. The SMILES string of the molecule is COC(c1noc(-c2cc(C#N)c[nH]2)n1)C1CC1.